The molecule has 1 fully saturated rings. The molecule has 3 N–H and O–H groups in total. The number of H-pyrrole nitrogens is 1. The maximum absolute atomic E-state index is 11.8. The number of hydrogen-bond acceptors (Lipinski definition) is 6. The lowest BCUT2D eigenvalue weighted by Crippen LogP contribution is -2.33. The quantitative estimate of drug-likeness (QED) is 0.546. The molecule has 3 heterocycles. The van der Waals surface area contributed by atoms with Gasteiger partial charge in [0, 0.05) is 49.4 Å². The normalized spacial score (nSPS) is 18.8. The molecular weight excluding hydrogens is 384 g/mol. The number of nitrogens with one attached hydrogen (secondary N) is 3. The Morgan fingerprint density at radius 3 is 3.03 bits per heavy atom. The number of fused-ring (bicyclic) bond motifs is 1. The minimum atomic E-state index is -0.346. The van der Waals surface area contributed by atoms with Crippen LogP contribution in [0.1, 0.15) is 50.3 Å². The van der Waals surface area contributed by atoms with Crippen LogP contribution in [-0.2, 0) is 16.1 Å². The van der Waals surface area contributed by atoms with E-state index in [2.05, 4.69) is 25.8 Å². The number of aromatic amines is 1. The number of nitrogens with zero attached hydrogens (tertiary/aromatic N) is 3. The Morgan fingerprint density at radius 2 is 2.23 bits per heavy atom. The van der Waals surface area contributed by atoms with Gasteiger partial charge in [0.1, 0.15) is 6.10 Å². The van der Waals surface area contributed by atoms with Gasteiger partial charge in [-0.15, -0.1) is 0 Å². The second-order valence-electron chi connectivity index (χ2n) is 8.02. The Balaban J connectivity index is 1.40. The van der Waals surface area contributed by atoms with Gasteiger partial charge in [-0.05, 0) is 44.7 Å². The topological polar surface area (TPSA) is 106 Å². The van der Waals surface area contributed by atoms with Crippen LogP contribution >= 0.6 is 0 Å². The van der Waals surface area contributed by atoms with Crippen molar-refractivity contribution in [1.82, 2.24) is 24.9 Å². The van der Waals surface area contributed by atoms with Crippen molar-refractivity contribution in [3.63, 3.8) is 0 Å². The van der Waals surface area contributed by atoms with Crippen molar-refractivity contribution in [3.8, 4) is 0 Å². The smallest absolute Gasteiger partial charge is 0.407 e. The molecule has 3 aromatic heterocycles. The van der Waals surface area contributed by atoms with Gasteiger partial charge in [0.15, 0.2) is 11.6 Å². The number of methoxy groups -OCH3 is 1. The van der Waals surface area contributed by atoms with Crippen LogP contribution < -0.4 is 10.6 Å². The fourth-order valence-corrected chi connectivity index (χ4v) is 3.92. The third-order valence-electron chi connectivity index (χ3n) is 5.24. The summed E-state index contributed by atoms with van der Waals surface area (Å²) in [5, 5.41) is 13.6. The van der Waals surface area contributed by atoms with Crippen molar-refractivity contribution in [3.05, 3.63) is 42.0 Å². The Kier molecular flexibility index (Phi) is 5.89. The van der Waals surface area contributed by atoms with Crippen molar-refractivity contribution in [1.29, 1.82) is 0 Å². The van der Waals surface area contributed by atoms with E-state index in [4.69, 9.17) is 9.47 Å². The minimum Gasteiger partial charge on any atom is -0.446 e. The van der Waals surface area contributed by atoms with Crippen LogP contribution in [0.2, 0.25) is 0 Å². The number of alkyl carbamates (subject to hydrolysis) is 1. The average molecular weight is 412 g/mol. The summed E-state index contributed by atoms with van der Waals surface area (Å²) in [6.07, 6.45) is 7.87. The van der Waals surface area contributed by atoms with Gasteiger partial charge in [-0.25, -0.2) is 9.78 Å². The van der Waals surface area contributed by atoms with Crippen LogP contribution in [0.4, 0.5) is 16.4 Å². The van der Waals surface area contributed by atoms with Gasteiger partial charge in [-0.3, -0.25) is 5.10 Å². The molecule has 1 aliphatic rings. The first-order valence-corrected chi connectivity index (χ1v) is 10.3. The maximum Gasteiger partial charge on any atom is 0.407 e. The molecule has 1 amide bonds. The second kappa shape index (κ2) is 8.74. The van der Waals surface area contributed by atoms with E-state index in [1.807, 2.05) is 42.8 Å². The van der Waals surface area contributed by atoms with E-state index in [-0.39, 0.29) is 24.2 Å². The van der Waals surface area contributed by atoms with Gasteiger partial charge in [0.05, 0.1) is 12.1 Å². The average Bonchev–Trinajstić information content (AvgIpc) is 3.41. The monoisotopic (exact) mass is 412 g/mol. The molecule has 2 atom stereocenters. The van der Waals surface area contributed by atoms with Crippen molar-refractivity contribution < 1.29 is 14.3 Å². The van der Waals surface area contributed by atoms with Gasteiger partial charge < -0.3 is 24.5 Å². The highest BCUT2D eigenvalue weighted by Gasteiger charge is 2.30. The molecular formula is C21H28N6O3. The Morgan fingerprint density at radius 1 is 1.37 bits per heavy atom. The van der Waals surface area contributed by atoms with Crippen molar-refractivity contribution in [2.24, 2.45) is 0 Å². The molecule has 0 aliphatic heterocycles. The first-order chi connectivity index (χ1) is 14.5. The molecule has 4 rings (SSSR count). The highest BCUT2D eigenvalue weighted by Crippen LogP contribution is 2.36. The summed E-state index contributed by atoms with van der Waals surface area (Å²) >= 11 is 0. The van der Waals surface area contributed by atoms with Crippen molar-refractivity contribution in [2.75, 3.05) is 12.4 Å². The van der Waals surface area contributed by atoms with Gasteiger partial charge in [0.2, 0.25) is 0 Å². The highest BCUT2D eigenvalue weighted by atomic mass is 16.6. The van der Waals surface area contributed by atoms with E-state index in [1.165, 1.54) is 0 Å². The third kappa shape index (κ3) is 4.56. The maximum atomic E-state index is 11.8. The molecule has 0 aromatic carbocycles. The zero-order valence-electron chi connectivity index (χ0n) is 17.5. The number of carbonyl (C=O) groups excluding carboxylic acids is 1. The third-order valence-corrected chi connectivity index (χ3v) is 5.24. The summed E-state index contributed by atoms with van der Waals surface area (Å²) in [6.45, 7) is 4.38. The number of ether oxygens (including phenoxy) is 2. The zero-order valence-corrected chi connectivity index (χ0v) is 17.5. The summed E-state index contributed by atoms with van der Waals surface area (Å²) in [5.74, 6) is 1.73. The summed E-state index contributed by atoms with van der Waals surface area (Å²) in [6, 6.07) is 4.12. The van der Waals surface area contributed by atoms with Gasteiger partial charge in [-0.1, -0.05) is 0 Å². The molecule has 1 aliphatic carbocycles. The number of hydrogen-bond donors (Lipinski definition) is 3. The number of amides is 1. The number of anilines is 2. The number of carbonyl (C=O) groups is 1. The van der Waals surface area contributed by atoms with E-state index in [1.54, 1.807) is 13.3 Å². The minimum absolute atomic E-state index is 0.0659. The second-order valence-corrected chi connectivity index (χ2v) is 8.02. The molecule has 9 nitrogen and oxygen atoms in total. The lowest BCUT2D eigenvalue weighted by atomic mass is 10.0. The lowest BCUT2D eigenvalue weighted by molar-refractivity contribution is 0.0981. The molecule has 30 heavy (non-hydrogen) atoms. The standard InChI is InChI=1S/C21H28N6O3/c1-13(2)23-21(28)30-16-5-4-15(9-16)17-10-19(26-25-17)24-20-18-8-14(12-29-3)11-27(18)7-6-22-20/h6-8,10-11,13,15-16H,4-5,9,12H2,1-3H3,(H,23,28)(H2,22,24,25,26). The van der Waals surface area contributed by atoms with Gasteiger partial charge >= 0.3 is 6.09 Å². The van der Waals surface area contributed by atoms with Crippen LogP contribution in [0.3, 0.4) is 0 Å². The van der Waals surface area contributed by atoms with E-state index < -0.39 is 0 Å². The largest absolute Gasteiger partial charge is 0.446 e. The first kappa shape index (κ1) is 20.2. The van der Waals surface area contributed by atoms with E-state index in [0.717, 1.165) is 41.9 Å². The van der Waals surface area contributed by atoms with Crippen LogP contribution in [0.15, 0.2) is 30.7 Å². The van der Waals surface area contributed by atoms with Crippen LogP contribution in [-0.4, -0.2) is 44.9 Å². The SMILES string of the molecule is COCc1cc2c(Nc3cc(C4CCC(OC(=O)NC(C)C)C4)[nH]n3)nccn2c1. The molecule has 0 saturated heterocycles. The molecule has 2 unspecified atom stereocenters. The molecule has 0 spiro atoms. The van der Waals surface area contributed by atoms with Gasteiger partial charge in [0.25, 0.3) is 0 Å². The molecule has 9 heteroatoms. The van der Waals surface area contributed by atoms with Gasteiger partial charge in [-0.2, -0.15) is 5.10 Å². The molecule has 0 bridgehead atoms. The van der Waals surface area contributed by atoms with E-state index in [0.29, 0.717) is 12.4 Å². The molecule has 3 aromatic rings. The fraction of sp³-hybridized carbons (Fsp3) is 0.476. The predicted octanol–water partition coefficient (Wildman–Crippen LogP) is 3.72. The Bertz CT molecular complexity index is 1010. The molecule has 1 saturated carbocycles. The van der Waals surface area contributed by atoms with E-state index >= 15 is 0 Å². The zero-order chi connectivity index (χ0) is 21.1. The fourth-order valence-electron chi connectivity index (χ4n) is 3.92. The number of rotatable bonds is 7. The van der Waals surface area contributed by atoms with Crippen LogP contribution in [0.5, 0.6) is 0 Å². The van der Waals surface area contributed by atoms with Crippen molar-refractivity contribution in [2.45, 2.75) is 57.8 Å². The lowest BCUT2D eigenvalue weighted by Gasteiger charge is -2.14. The van der Waals surface area contributed by atoms with Crippen LogP contribution in [0, 0.1) is 0 Å². The number of aromatic nitrogens is 4. The molecule has 0 radical (unpaired) electrons. The predicted molar refractivity (Wildman–Crippen MR) is 113 cm³/mol. The summed E-state index contributed by atoms with van der Waals surface area (Å²) in [7, 11) is 1.68. The Hall–Kier alpha value is -3.07. The highest BCUT2D eigenvalue weighted by molar-refractivity contribution is 5.73. The summed E-state index contributed by atoms with van der Waals surface area (Å²) in [4.78, 5) is 16.3. The van der Waals surface area contributed by atoms with E-state index in [9.17, 15) is 4.79 Å². The first-order valence-electron chi connectivity index (χ1n) is 10.3. The summed E-state index contributed by atoms with van der Waals surface area (Å²) < 4.78 is 12.8. The summed E-state index contributed by atoms with van der Waals surface area (Å²) in [5.41, 5.74) is 3.07. The molecule has 160 valence electrons. The van der Waals surface area contributed by atoms with Crippen LogP contribution in [0.25, 0.3) is 5.52 Å². The van der Waals surface area contributed by atoms with Crippen molar-refractivity contribution >= 4 is 23.2 Å². The Labute approximate surface area is 175 Å².